The van der Waals surface area contributed by atoms with Crippen molar-refractivity contribution in [3.8, 4) is 0 Å². The van der Waals surface area contributed by atoms with Crippen molar-refractivity contribution in [2.45, 2.75) is 45.1 Å². The molecule has 5 nitrogen and oxygen atoms in total. The van der Waals surface area contributed by atoms with E-state index in [1.807, 2.05) is 12.2 Å². The quantitative estimate of drug-likeness (QED) is 0.798. The average molecular weight is 290 g/mol. The number of quaternary nitrogens is 1. The molecule has 0 spiro atoms. The summed E-state index contributed by atoms with van der Waals surface area (Å²) in [7, 11) is 0. The number of nitrogens with zero attached hydrogens (tertiary/aromatic N) is 3. The minimum absolute atomic E-state index is 0.327. The average Bonchev–Trinajstić information content (AvgIpc) is 3.09. The third-order valence-corrected chi connectivity index (χ3v) is 4.95. The van der Waals surface area contributed by atoms with E-state index in [1.165, 1.54) is 25.7 Å². The molecular weight excluding hydrogens is 264 g/mol. The van der Waals surface area contributed by atoms with Gasteiger partial charge in [-0.15, -0.1) is 9.71 Å². The fourth-order valence-corrected chi connectivity index (χ4v) is 4.13. The topological polar surface area (TPSA) is 49.6 Å². The maximum absolute atomic E-state index is 12.0. The third kappa shape index (κ3) is 2.28. The lowest BCUT2D eigenvalue weighted by Crippen LogP contribution is -2.72. The zero-order valence-corrected chi connectivity index (χ0v) is 13.1. The van der Waals surface area contributed by atoms with Crippen LogP contribution in [0.2, 0.25) is 0 Å². The first kappa shape index (κ1) is 14.6. The van der Waals surface area contributed by atoms with Crippen molar-refractivity contribution in [2.75, 3.05) is 26.2 Å². The summed E-state index contributed by atoms with van der Waals surface area (Å²) in [5, 5.41) is 4.74. The number of amides is 1. The Balaban J connectivity index is 2.05. The second kappa shape index (κ2) is 5.14. The molecule has 0 aromatic heterocycles. The summed E-state index contributed by atoms with van der Waals surface area (Å²) in [5.74, 6) is -0.343. The smallest absolute Gasteiger partial charge is 0.270 e. The molecule has 0 bridgehead atoms. The number of nitrogens with two attached hydrogens (primary N) is 1. The number of allylic oxidation sites excluding steroid dienone is 2. The van der Waals surface area contributed by atoms with Crippen LogP contribution in [-0.4, -0.2) is 52.3 Å². The summed E-state index contributed by atoms with van der Waals surface area (Å²) >= 11 is 0. The van der Waals surface area contributed by atoms with Gasteiger partial charge in [-0.05, 0) is 38.8 Å². The van der Waals surface area contributed by atoms with E-state index in [1.54, 1.807) is 0 Å². The predicted octanol–water partition coefficient (Wildman–Crippen LogP) is 1.35. The van der Waals surface area contributed by atoms with E-state index in [-0.39, 0.29) is 11.4 Å². The summed E-state index contributed by atoms with van der Waals surface area (Å²) in [5.41, 5.74) is 5.97. The maximum Gasteiger partial charge on any atom is 0.270 e. The Morgan fingerprint density at radius 1 is 1.24 bits per heavy atom. The van der Waals surface area contributed by atoms with E-state index in [4.69, 9.17) is 5.73 Å². The van der Waals surface area contributed by atoms with Gasteiger partial charge in [-0.25, -0.2) is 0 Å². The molecule has 0 unspecified atom stereocenters. The van der Waals surface area contributed by atoms with Gasteiger partial charge in [0.25, 0.3) is 5.91 Å². The summed E-state index contributed by atoms with van der Waals surface area (Å²) < 4.78 is 0.753. The van der Waals surface area contributed by atoms with Gasteiger partial charge in [-0.2, -0.15) is 5.01 Å². The van der Waals surface area contributed by atoms with Crippen molar-refractivity contribution in [2.24, 2.45) is 5.73 Å². The molecule has 21 heavy (non-hydrogen) atoms. The van der Waals surface area contributed by atoms with Gasteiger partial charge in [0.2, 0.25) is 0 Å². The third-order valence-electron chi connectivity index (χ3n) is 4.95. The van der Waals surface area contributed by atoms with Crippen LogP contribution in [0.3, 0.4) is 0 Å². The van der Waals surface area contributed by atoms with Crippen LogP contribution < -0.4 is 5.73 Å². The summed E-state index contributed by atoms with van der Waals surface area (Å²) in [4.78, 5) is 12.0. The molecule has 0 aromatic carbocycles. The first-order chi connectivity index (χ1) is 9.97. The Morgan fingerprint density at radius 3 is 2.43 bits per heavy atom. The largest absolute Gasteiger partial charge is 0.364 e. The monoisotopic (exact) mass is 290 g/mol. The minimum Gasteiger partial charge on any atom is -0.364 e. The van der Waals surface area contributed by atoms with Gasteiger partial charge in [0.05, 0.1) is 13.1 Å². The molecule has 2 N–H and O–H groups in total. The van der Waals surface area contributed by atoms with Crippen LogP contribution in [0.1, 0.15) is 39.5 Å². The summed E-state index contributed by atoms with van der Waals surface area (Å²) in [6.07, 6.45) is 11.9. The van der Waals surface area contributed by atoms with Gasteiger partial charge >= 0.3 is 0 Å². The lowest BCUT2D eigenvalue weighted by atomic mass is 9.99. The molecule has 5 heteroatoms. The lowest BCUT2D eigenvalue weighted by Gasteiger charge is -2.54. The van der Waals surface area contributed by atoms with Crippen LogP contribution in [0.5, 0.6) is 0 Å². The first-order valence-corrected chi connectivity index (χ1v) is 8.02. The van der Waals surface area contributed by atoms with Crippen LogP contribution in [-0.2, 0) is 4.79 Å². The number of hydrogen-bond donors (Lipinski definition) is 1. The van der Waals surface area contributed by atoms with Gasteiger partial charge in [0.15, 0.2) is 5.70 Å². The Hall–Kier alpha value is -1.33. The van der Waals surface area contributed by atoms with E-state index < -0.39 is 0 Å². The van der Waals surface area contributed by atoms with Gasteiger partial charge in [0, 0.05) is 12.8 Å². The molecular formula is C16H26N4O+. The SMILES string of the molecule is CC1(C)[C]=CC=C(C(N)=O)N1[N+]1(N2CCCC2)CCCC1. The summed E-state index contributed by atoms with van der Waals surface area (Å²) in [6, 6.07) is 0. The molecule has 115 valence electrons. The standard InChI is InChI=1S/C16H25N4O/c1-16(2)9-7-8-14(15(17)21)19(16)20(12-5-6-13-20)18-10-3-4-11-18/h7-8H,3-6,10-13H2,1-2H3,(H-,17,21)/p+1. The first-order valence-electron chi connectivity index (χ1n) is 8.02. The molecule has 3 rings (SSSR count). The van der Waals surface area contributed by atoms with Crippen LogP contribution in [0.15, 0.2) is 17.8 Å². The molecule has 3 aliphatic heterocycles. The second-order valence-corrected chi connectivity index (χ2v) is 6.79. The maximum atomic E-state index is 12.0. The Morgan fingerprint density at radius 2 is 1.86 bits per heavy atom. The molecule has 1 amide bonds. The number of primary amides is 1. The van der Waals surface area contributed by atoms with Gasteiger partial charge in [-0.3, -0.25) is 4.79 Å². The van der Waals surface area contributed by atoms with Gasteiger partial charge in [0.1, 0.15) is 18.6 Å². The van der Waals surface area contributed by atoms with Crippen LogP contribution in [0.25, 0.3) is 0 Å². The van der Waals surface area contributed by atoms with E-state index >= 15 is 0 Å². The van der Waals surface area contributed by atoms with E-state index in [0.717, 1.165) is 30.9 Å². The highest BCUT2D eigenvalue weighted by Crippen LogP contribution is 2.38. The van der Waals surface area contributed by atoms with Crippen molar-refractivity contribution in [1.82, 2.24) is 10.0 Å². The van der Waals surface area contributed by atoms with Crippen molar-refractivity contribution in [3.63, 3.8) is 0 Å². The number of rotatable bonds is 3. The number of carbonyl (C=O) groups excluding carboxylic acids is 1. The number of hydrogen-bond acceptors (Lipinski definition) is 3. The zero-order valence-electron chi connectivity index (χ0n) is 13.1. The van der Waals surface area contributed by atoms with Crippen LogP contribution in [0, 0.1) is 6.08 Å². The Bertz CT molecular complexity index is 483. The molecule has 2 fully saturated rings. The zero-order chi connectivity index (χ0) is 15.1. The normalized spacial score (nSPS) is 27.9. The molecule has 3 heterocycles. The van der Waals surface area contributed by atoms with E-state index in [9.17, 15) is 4.79 Å². The molecule has 2 saturated heterocycles. The molecule has 1 radical (unpaired) electrons. The Kier molecular flexibility index (Phi) is 3.58. The Labute approximate surface area is 127 Å². The highest BCUT2D eigenvalue weighted by atomic mass is 16.2. The van der Waals surface area contributed by atoms with Crippen molar-refractivity contribution < 1.29 is 9.50 Å². The molecule has 0 aromatic rings. The molecule has 0 saturated carbocycles. The minimum atomic E-state index is -0.343. The van der Waals surface area contributed by atoms with Crippen LogP contribution >= 0.6 is 0 Å². The van der Waals surface area contributed by atoms with Crippen molar-refractivity contribution in [1.29, 1.82) is 0 Å². The van der Waals surface area contributed by atoms with E-state index in [0.29, 0.717) is 5.70 Å². The summed E-state index contributed by atoms with van der Waals surface area (Å²) in [6.45, 7) is 8.54. The highest BCUT2D eigenvalue weighted by molar-refractivity contribution is 5.91. The van der Waals surface area contributed by atoms with E-state index in [2.05, 4.69) is 29.9 Å². The fourth-order valence-electron chi connectivity index (χ4n) is 4.13. The van der Waals surface area contributed by atoms with Gasteiger partial charge in [-0.1, -0.05) is 6.08 Å². The second-order valence-electron chi connectivity index (χ2n) is 6.79. The lowest BCUT2D eigenvalue weighted by molar-refractivity contribution is -1.12. The van der Waals surface area contributed by atoms with Crippen molar-refractivity contribution in [3.05, 3.63) is 23.9 Å². The fraction of sp³-hybridized carbons (Fsp3) is 0.688. The molecule has 3 aliphatic rings. The van der Waals surface area contributed by atoms with Gasteiger partial charge < -0.3 is 5.73 Å². The number of carbonyl (C=O) groups is 1. The molecule has 0 atom stereocenters. The highest BCUT2D eigenvalue weighted by Gasteiger charge is 2.53. The van der Waals surface area contributed by atoms with Crippen molar-refractivity contribution >= 4 is 5.91 Å². The molecule has 0 aliphatic carbocycles. The van der Waals surface area contributed by atoms with Crippen LogP contribution in [0.4, 0.5) is 0 Å². The predicted molar refractivity (Wildman–Crippen MR) is 81.0 cm³/mol.